The summed E-state index contributed by atoms with van der Waals surface area (Å²) in [7, 11) is 2.27. The lowest BCUT2D eigenvalue weighted by atomic mass is 9.78. The van der Waals surface area contributed by atoms with E-state index in [9.17, 15) is 0 Å². The van der Waals surface area contributed by atoms with Gasteiger partial charge in [0.15, 0.2) is 0 Å². The van der Waals surface area contributed by atoms with E-state index < -0.39 is 0 Å². The predicted octanol–water partition coefficient (Wildman–Crippen LogP) is 1.94. The molecule has 2 rings (SSSR count). The molecule has 0 spiro atoms. The van der Waals surface area contributed by atoms with Gasteiger partial charge in [0.05, 0.1) is 0 Å². The van der Waals surface area contributed by atoms with Crippen molar-refractivity contribution in [3.8, 4) is 0 Å². The average molecular weight is 247 g/mol. The molecule has 1 fully saturated rings. The monoisotopic (exact) mass is 247 g/mol. The van der Waals surface area contributed by atoms with Crippen molar-refractivity contribution in [2.24, 2.45) is 5.92 Å². The lowest BCUT2D eigenvalue weighted by Gasteiger charge is -2.43. The summed E-state index contributed by atoms with van der Waals surface area (Å²) in [6, 6.07) is 5.01. The minimum atomic E-state index is 0.783. The van der Waals surface area contributed by atoms with Crippen LogP contribution in [0.2, 0.25) is 0 Å². The summed E-state index contributed by atoms with van der Waals surface area (Å²) >= 11 is 0. The van der Waals surface area contributed by atoms with E-state index >= 15 is 0 Å². The highest BCUT2D eigenvalue weighted by molar-refractivity contribution is 5.10. The Morgan fingerprint density at radius 1 is 1.33 bits per heavy atom. The summed E-state index contributed by atoms with van der Waals surface area (Å²) in [6.07, 6.45) is 7.64. The Hall–Kier alpha value is -0.930. The molecular weight excluding hydrogens is 222 g/mol. The molecule has 1 N–H and O–H groups in total. The van der Waals surface area contributed by atoms with E-state index in [1.54, 1.807) is 0 Å². The van der Waals surface area contributed by atoms with Gasteiger partial charge in [-0.05, 0) is 63.0 Å². The Morgan fingerprint density at radius 3 is 2.72 bits per heavy atom. The van der Waals surface area contributed by atoms with Gasteiger partial charge in [-0.1, -0.05) is 6.92 Å². The van der Waals surface area contributed by atoms with Crippen molar-refractivity contribution in [2.45, 2.75) is 32.2 Å². The minimum Gasteiger partial charge on any atom is -0.317 e. The number of pyridine rings is 1. The van der Waals surface area contributed by atoms with E-state index in [0.29, 0.717) is 0 Å². The zero-order chi connectivity index (χ0) is 12.8. The first-order valence-corrected chi connectivity index (χ1v) is 7.11. The molecule has 1 aliphatic carbocycles. The first-order valence-electron chi connectivity index (χ1n) is 7.11. The number of hydrogen-bond acceptors (Lipinski definition) is 3. The normalized spacial score (nSPS) is 23.1. The molecule has 2 unspecified atom stereocenters. The van der Waals surface area contributed by atoms with Crippen LogP contribution in [0.3, 0.4) is 0 Å². The van der Waals surface area contributed by atoms with E-state index in [1.807, 2.05) is 12.4 Å². The maximum absolute atomic E-state index is 4.06. The van der Waals surface area contributed by atoms with Gasteiger partial charge in [-0.2, -0.15) is 0 Å². The zero-order valence-corrected chi connectivity index (χ0v) is 11.6. The SMILES string of the molecule is CCNCC1CCC1N(C)CCc1ccncc1. The molecule has 1 aliphatic rings. The van der Waals surface area contributed by atoms with Gasteiger partial charge in [-0.3, -0.25) is 4.98 Å². The fourth-order valence-electron chi connectivity index (χ4n) is 2.72. The van der Waals surface area contributed by atoms with E-state index in [-0.39, 0.29) is 0 Å². The van der Waals surface area contributed by atoms with Gasteiger partial charge in [-0.25, -0.2) is 0 Å². The van der Waals surface area contributed by atoms with Crippen LogP contribution in [-0.2, 0) is 6.42 Å². The van der Waals surface area contributed by atoms with Crippen molar-refractivity contribution >= 4 is 0 Å². The molecule has 0 aliphatic heterocycles. The standard InChI is InChI=1S/C15H25N3/c1-3-16-12-14-4-5-15(14)18(2)11-8-13-6-9-17-10-7-13/h6-7,9-10,14-16H,3-5,8,11-12H2,1-2H3. The van der Waals surface area contributed by atoms with E-state index in [1.165, 1.54) is 24.9 Å². The highest BCUT2D eigenvalue weighted by Gasteiger charge is 2.32. The van der Waals surface area contributed by atoms with Crippen molar-refractivity contribution in [3.63, 3.8) is 0 Å². The van der Waals surface area contributed by atoms with Crippen LogP contribution >= 0.6 is 0 Å². The van der Waals surface area contributed by atoms with Gasteiger partial charge in [0.1, 0.15) is 0 Å². The molecule has 2 atom stereocenters. The van der Waals surface area contributed by atoms with Crippen molar-refractivity contribution in [1.29, 1.82) is 0 Å². The third kappa shape index (κ3) is 3.53. The second-order valence-electron chi connectivity index (χ2n) is 5.30. The summed E-state index contributed by atoms with van der Waals surface area (Å²) in [6.45, 7) is 5.60. The molecule has 3 heteroatoms. The van der Waals surface area contributed by atoms with Gasteiger partial charge < -0.3 is 10.2 Å². The number of hydrogen-bond donors (Lipinski definition) is 1. The minimum absolute atomic E-state index is 0.783. The van der Waals surface area contributed by atoms with Crippen molar-refractivity contribution in [2.75, 3.05) is 26.7 Å². The van der Waals surface area contributed by atoms with E-state index in [2.05, 4.69) is 41.3 Å². The summed E-state index contributed by atoms with van der Waals surface area (Å²) in [5.74, 6) is 0.854. The molecular formula is C15H25N3. The Labute approximate surface area is 111 Å². The predicted molar refractivity (Wildman–Crippen MR) is 75.6 cm³/mol. The molecule has 0 amide bonds. The topological polar surface area (TPSA) is 28.2 Å². The highest BCUT2D eigenvalue weighted by Crippen LogP contribution is 2.30. The fourth-order valence-corrected chi connectivity index (χ4v) is 2.72. The first-order chi connectivity index (χ1) is 8.81. The van der Waals surface area contributed by atoms with Gasteiger partial charge in [0, 0.05) is 25.0 Å². The van der Waals surface area contributed by atoms with Gasteiger partial charge in [0.2, 0.25) is 0 Å². The molecule has 1 aromatic heterocycles. The van der Waals surface area contributed by atoms with Crippen LogP contribution in [0.15, 0.2) is 24.5 Å². The Morgan fingerprint density at radius 2 is 2.11 bits per heavy atom. The lowest BCUT2D eigenvalue weighted by molar-refractivity contribution is 0.0851. The largest absolute Gasteiger partial charge is 0.317 e. The van der Waals surface area contributed by atoms with Gasteiger partial charge in [0.25, 0.3) is 0 Å². The molecule has 1 heterocycles. The summed E-state index contributed by atoms with van der Waals surface area (Å²) in [4.78, 5) is 6.59. The number of rotatable bonds is 7. The second-order valence-corrected chi connectivity index (χ2v) is 5.30. The van der Waals surface area contributed by atoms with Crippen LogP contribution in [0.25, 0.3) is 0 Å². The quantitative estimate of drug-likeness (QED) is 0.798. The van der Waals surface area contributed by atoms with Crippen molar-refractivity contribution in [1.82, 2.24) is 15.2 Å². The van der Waals surface area contributed by atoms with Crippen molar-refractivity contribution in [3.05, 3.63) is 30.1 Å². The molecule has 18 heavy (non-hydrogen) atoms. The fraction of sp³-hybridized carbons (Fsp3) is 0.667. The summed E-state index contributed by atoms with van der Waals surface area (Å²) in [5, 5.41) is 3.47. The molecule has 3 nitrogen and oxygen atoms in total. The number of nitrogens with zero attached hydrogens (tertiary/aromatic N) is 2. The summed E-state index contributed by atoms with van der Waals surface area (Å²) in [5.41, 5.74) is 1.39. The van der Waals surface area contributed by atoms with E-state index in [0.717, 1.165) is 31.5 Å². The van der Waals surface area contributed by atoms with Crippen LogP contribution in [0.4, 0.5) is 0 Å². The smallest absolute Gasteiger partial charge is 0.0270 e. The van der Waals surface area contributed by atoms with Gasteiger partial charge in [-0.15, -0.1) is 0 Å². The highest BCUT2D eigenvalue weighted by atomic mass is 15.1. The maximum Gasteiger partial charge on any atom is 0.0270 e. The average Bonchev–Trinajstić information content (AvgIpc) is 2.37. The van der Waals surface area contributed by atoms with Crippen molar-refractivity contribution < 1.29 is 0 Å². The molecule has 0 bridgehead atoms. The third-order valence-electron chi connectivity index (χ3n) is 4.10. The number of likely N-dealkylation sites (N-methyl/N-ethyl adjacent to an activating group) is 1. The lowest BCUT2D eigenvalue weighted by Crippen LogP contribution is -2.49. The van der Waals surface area contributed by atoms with Gasteiger partial charge >= 0.3 is 0 Å². The molecule has 1 aromatic rings. The Kier molecular flexibility index (Phi) is 5.14. The molecule has 100 valence electrons. The zero-order valence-electron chi connectivity index (χ0n) is 11.6. The molecule has 0 saturated heterocycles. The van der Waals surface area contributed by atoms with Crippen LogP contribution in [0, 0.1) is 5.92 Å². The first kappa shape index (κ1) is 13.5. The van der Waals surface area contributed by atoms with Crippen LogP contribution in [0.1, 0.15) is 25.3 Å². The number of nitrogens with one attached hydrogen (secondary N) is 1. The second kappa shape index (κ2) is 6.86. The van der Waals surface area contributed by atoms with Crippen LogP contribution < -0.4 is 5.32 Å². The molecule has 0 aromatic carbocycles. The Bertz CT molecular complexity index is 339. The maximum atomic E-state index is 4.06. The van der Waals surface area contributed by atoms with Crippen LogP contribution in [-0.4, -0.2) is 42.6 Å². The Balaban J connectivity index is 1.73. The molecule has 0 radical (unpaired) electrons. The van der Waals surface area contributed by atoms with Crippen LogP contribution in [0.5, 0.6) is 0 Å². The number of aromatic nitrogens is 1. The summed E-state index contributed by atoms with van der Waals surface area (Å²) < 4.78 is 0. The third-order valence-corrected chi connectivity index (χ3v) is 4.10. The molecule has 1 saturated carbocycles. The van der Waals surface area contributed by atoms with E-state index in [4.69, 9.17) is 0 Å².